The first kappa shape index (κ1) is 17.4. The minimum Gasteiger partial charge on any atom is -0.351 e. The van der Waals surface area contributed by atoms with Crippen molar-refractivity contribution in [2.24, 2.45) is 0 Å². The molecule has 3 N–H and O–H groups in total. The molecule has 0 aliphatic rings. The number of hydrogen-bond donors (Lipinski definition) is 3. The van der Waals surface area contributed by atoms with Crippen molar-refractivity contribution in [2.45, 2.75) is 12.7 Å². The maximum atomic E-state index is 12.1. The van der Waals surface area contributed by atoms with Crippen LogP contribution in [0, 0.1) is 6.92 Å². The monoisotopic (exact) mass is 375 g/mol. The number of thioether (sulfide) groups is 1. The van der Waals surface area contributed by atoms with Gasteiger partial charge in [0.2, 0.25) is 0 Å². The third-order valence-corrected chi connectivity index (χ3v) is 5.35. The number of aryl methyl sites for hydroxylation is 1. The molecule has 0 bridgehead atoms. The fourth-order valence-electron chi connectivity index (χ4n) is 2.13. The summed E-state index contributed by atoms with van der Waals surface area (Å²) < 4.78 is 0. The van der Waals surface area contributed by atoms with E-state index in [0.717, 1.165) is 27.8 Å². The topological polar surface area (TPSA) is 104 Å². The van der Waals surface area contributed by atoms with Crippen LogP contribution < -0.4 is 10.9 Å². The minimum absolute atomic E-state index is 0.0217. The summed E-state index contributed by atoms with van der Waals surface area (Å²) in [5.41, 5.74) is 1.66. The van der Waals surface area contributed by atoms with Gasteiger partial charge in [-0.15, -0.1) is 11.3 Å². The summed E-state index contributed by atoms with van der Waals surface area (Å²) in [5, 5.41) is 4.64. The highest BCUT2D eigenvalue weighted by atomic mass is 32.2. The van der Waals surface area contributed by atoms with Crippen molar-refractivity contribution in [1.82, 2.24) is 25.3 Å². The lowest BCUT2D eigenvalue weighted by molar-refractivity contribution is 0.0954. The highest BCUT2D eigenvalue weighted by molar-refractivity contribution is 7.98. The van der Waals surface area contributed by atoms with Gasteiger partial charge in [-0.05, 0) is 18.4 Å². The Morgan fingerprint density at radius 1 is 1.40 bits per heavy atom. The summed E-state index contributed by atoms with van der Waals surface area (Å²) >= 11 is 3.14. The number of carbonyl (C=O) groups is 1. The van der Waals surface area contributed by atoms with E-state index in [9.17, 15) is 9.59 Å². The van der Waals surface area contributed by atoms with E-state index < -0.39 is 11.5 Å². The third kappa shape index (κ3) is 4.37. The van der Waals surface area contributed by atoms with Crippen LogP contribution in [-0.2, 0) is 5.75 Å². The van der Waals surface area contributed by atoms with Crippen molar-refractivity contribution in [3.8, 4) is 10.7 Å². The zero-order valence-electron chi connectivity index (χ0n) is 13.5. The Labute approximate surface area is 152 Å². The van der Waals surface area contributed by atoms with Gasteiger partial charge < -0.3 is 15.3 Å². The average Bonchev–Trinajstić information content (AvgIpc) is 3.26. The van der Waals surface area contributed by atoms with Crippen molar-refractivity contribution < 1.29 is 4.79 Å². The first-order chi connectivity index (χ1) is 12.1. The van der Waals surface area contributed by atoms with E-state index in [1.807, 2.05) is 24.4 Å². The molecule has 0 saturated heterocycles. The van der Waals surface area contributed by atoms with E-state index >= 15 is 0 Å². The van der Waals surface area contributed by atoms with E-state index in [4.69, 9.17) is 0 Å². The number of carbonyl (C=O) groups excluding carboxylic acids is 1. The van der Waals surface area contributed by atoms with Crippen LogP contribution >= 0.6 is 23.1 Å². The zero-order chi connectivity index (χ0) is 17.6. The molecule has 3 rings (SSSR count). The molecule has 3 heterocycles. The number of aromatic amines is 2. The van der Waals surface area contributed by atoms with E-state index in [1.165, 1.54) is 17.5 Å². The molecule has 7 nitrogen and oxygen atoms in total. The molecule has 0 saturated carbocycles. The van der Waals surface area contributed by atoms with E-state index in [1.54, 1.807) is 18.1 Å². The molecule has 25 heavy (non-hydrogen) atoms. The molecule has 0 fully saturated rings. The van der Waals surface area contributed by atoms with E-state index in [2.05, 4.69) is 25.3 Å². The van der Waals surface area contributed by atoms with Crippen LogP contribution in [0.25, 0.3) is 10.7 Å². The molecule has 0 aromatic carbocycles. The largest absolute Gasteiger partial charge is 0.351 e. The number of nitrogens with one attached hydrogen (secondary N) is 3. The van der Waals surface area contributed by atoms with Gasteiger partial charge in [0.05, 0.1) is 16.9 Å². The molecular weight excluding hydrogens is 358 g/mol. The van der Waals surface area contributed by atoms with Crippen molar-refractivity contribution in [3.63, 3.8) is 0 Å². The number of H-pyrrole nitrogens is 2. The third-order valence-electron chi connectivity index (χ3n) is 3.50. The van der Waals surface area contributed by atoms with Crippen LogP contribution in [0.2, 0.25) is 0 Å². The van der Waals surface area contributed by atoms with Crippen molar-refractivity contribution in [1.29, 1.82) is 0 Å². The molecule has 0 unspecified atom stereocenters. The predicted octanol–water partition coefficient (Wildman–Crippen LogP) is 2.19. The standard InChI is InChI=1S/C16H17N5O2S2/c1-10-12(20-9-19-10)8-24-6-4-17-15(22)11-7-18-14(21-16(11)23)13-3-2-5-25-13/h2-3,5,7,9H,4,6,8H2,1H3,(H,17,22)(H,19,20)(H,18,21,23). The molecule has 0 atom stereocenters. The van der Waals surface area contributed by atoms with Gasteiger partial charge in [-0.25, -0.2) is 9.97 Å². The Balaban J connectivity index is 1.50. The number of thiophene rings is 1. The van der Waals surface area contributed by atoms with Gasteiger partial charge >= 0.3 is 0 Å². The van der Waals surface area contributed by atoms with Gasteiger partial charge in [-0.1, -0.05) is 6.07 Å². The number of aromatic nitrogens is 4. The Hall–Kier alpha value is -2.39. The highest BCUT2D eigenvalue weighted by Gasteiger charge is 2.12. The summed E-state index contributed by atoms with van der Waals surface area (Å²) in [4.78, 5) is 39.1. The van der Waals surface area contributed by atoms with Gasteiger partial charge in [-0.3, -0.25) is 9.59 Å². The fraction of sp³-hybridized carbons (Fsp3) is 0.250. The second kappa shape index (κ2) is 8.13. The maximum Gasteiger partial charge on any atom is 0.264 e. The van der Waals surface area contributed by atoms with E-state index in [-0.39, 0.29) is 5.56 Å². The lowest BCUT2D eigenvalue weighted by Gasteiger charge is -2.05. The molecule has 0 radical (unpaired) electrons. The summed E-state index contributed by atoms with van der Waals surface area (Å²) in [7, 11) is 0. The van der Waals surface area contributed by atoms with Crippen LogP contribution in [-0.4, -0.2) is 38.1 Å². The van der Waals surface area contributed by atoms with Gasteiger partial charge in [0, 0.05) is 29.9 Å². The van der Waals surface area contributed by atoms with Gasteiger partial charge in [-0.2, -0.15) is 11.8 Å². The van der Waals surface area contributed by atoms with Crippen molar-refractivity contribution in [3.05, 3.63) is 57.3 Å². The van der Waals surface area contributed by atoms with Crippen molar-refractivity contribution in [2.75, 3.05) is 12.3 Å². The van der Waals surface area contributed by atoms with Crippen molar-refractivity contribution >= 4 is 29.0 Å². The van der Waals surface area contributed by atoms with Crippen LogP contribution in [0.15, 0.2) is 34.8 Å². The molecule has 0 spiro atoms. The maximum absolute atomic E-state index is 12.1. The molecule has 130 valence electrons. The Bertz CT molecular complexity index is 901. The SMILES string of the molecule is Cc1[nH]cnc1CSCCNC(=O)c1cnc(-c2cccs2)[nH]c1=O. The molecule has 1 amide bonds. The normalized spacial score (nSPS) is 10.8. The van der Waals surface area contributed by atoms with Crippen LogP contribution in [0.5, 0.6) is 0 Å². The second-order valence-electron chi connectivity index (χ2n) is 5.23. The number of rotatable bonds is 7. The summed E-state index contributed by atoms with van der Waals surface area (Å²) in [6, 6.07) is 3.74. The van der Waals surface area contributed by atoms with Gasteiger partial charge in [0.1, 0.15) is 11.4 Å². The number of hydrogen-bond acceptors (Lipinski definition) is 6. The quantitative estimate of drug-likeness (QED) is 0.549. The first-order valence-corrected chi connectivity index (χ1v) is 9.66. The number of nitrogens with zero attached hydrogens (tertiary/aromatic N) is 2. The molecule has 0 aliphatic carbocycles. The molecular formula is C16H17N5O2S2. The number of imidazole rings is 1. The molecule has 9 heteroatoms. The highest BCUT2D eigenvalue weighted by Crippen LogP contribution is 2.19. The first-order valence-electron chi connectivity index (χ1n) is 7.63. The van der Waals surface area contributed by atoms with Crippen LogP contribution in [0.3, 0.4) is 0 Å². The van der Waals surface area contributed by atoms with Gasteiger partial charge in [0.15, 0.2) is 0 Å². The van der Waals surface area contributed by atoms with Crippen LogP contribution in [0.4, 0.5) is 0 Å². The predicted molar refractivity (Wildman–Crippen MR) is 100.0 cm³/mol. The molecule has 0 aliphatic heterocycles. The zero-order valence-corrected chi connectivity index (χ0v) is 15.2. The minimum atomic E-state index is -0.435. The Kier molecular flexibility index (Phi) is 5.67. The van der Waals surface area contributed by atoms with Crippen LogP contribution in [0.1, 0.15) is 21.7 Å². The number of amides is 1. The molecule has 3 aromatic rings. The molecule has 3 aromatic heterocycles. The van der Waals surface area contributed by atoms with E-state index in [0.29, 0.717) is 12.4 Å². The second-order valence-corrected chi connectivity index (χ2v) is 7.29. The van der Waals surface area contributed by atoms with Gasteiger partial charge in [0.25, 0.3) is 11.5 Å². The lowest BCUT2D eigenvalue weighted by Crippen LogP contribution is -2.31. The Morgan fingerprint density at radius 2 is 2.28 bits per heavy atom. The average molecular weight is 375 g/mol. The summed E-state index contributed by atoms with van der Waals surface area (Å²) in [6.07, 6.45) is 3.00. The lowest BCUT2D eigenvalue weighted by atomic mass is 10.3. The summed E-state index contributed by atoms with van der Waals surface area (Å²) in [6.45, 7) is 2.45. The Morgan fingerprint density at radius 3 is 2.96 bits per heavy atom. The summed E-state index contributed by atoms with van der Waals surface area (Å²) in [5.74, 6) is 1.57. The smallest absolute Gasteiger partial charge is 0.264 e. The fourth-order valence-corrected chi connectivity index (χ4v) is 3.68.